The van der Waals surface area contributed by atoms with Gasteiger partial charge in [-0.3, -0.25) is 4.90 Å². The molecule has 0 spiro atoms. The number of rotatable bonds is 3. The highest BCUT2D eigenvalue weighted by Crippen LogP contribution is 2.35. The van der Waals surface area contributed by atoms with Crippen LogP contribution in [0.4, 0.5) is 0 Å². The van der Waals surface area contributed by atoms with Crippen LogP contribution in [0, 0.1) is 13.8 Å². The third kappa shape index (κ3) is 2.87. The molecule has 1 aliphatic rings. The molecule has 2 nitrogen and oxygen atoms in total. The van der Waals surface area contributed by atoms with E-state index in [1.807, 2.05) is 6.07 Å². The van der Waals surface area contributed by atoms with Crippen LogP contribution in [0.25, 0.3) is 0 Å². The Morgan fingerprint density at radius 1 is 1.05 bits per heavy atom. The smallest absolute Gasteiger partial charge is 0.104 e. The van der Waals surface area contributed by atoms with E-state index in [1.165, 1.54) is 16.7 Å². The summed E-state index contributed by atoms with van der Waals surface area (Å²) in [6, 6.07) is 16.7. The van der Waals surface area contributed by atoms with Gasteiger partial charge < -0.3 is 5.11 Å². The first kappa shape index (κ1) is 14.3. The van der Waals surface area contributed by atoms with Crippen molar-refractivity contribution in [1.29, 1.82) is 0 Å². The Morgan fingerprint density at radius 3 is 2.57 bits per heavy atom. The molecule has 1 fully saturated rings. The van der Waals surface area contributed by atoms with Crippen molar-refractivity contribution in [3.63, 3.8) is 0 Å². The molecule has 2 aromatic rings. The van der Waals surface area contributed by atoms with Crippen molar-refractivity contribution in [2.24, 2.45) is 0 Å². The van der Waals surface area contributed by atoms with Gasteiger partial charge in [-0.1, -0.05) is 48.5 Å². The van der Waals surface area contributed by atoms with Crippen molar-refractivity contribution >= 4 is 0 Å². The number of benzene rings is 2. The van der Waals surface area contributed by atoms with E-state index in [0.29, 0.717) is 6.54 Å². The maximum atomic E-state index is 11.1. The largest absolute Gasteiger partial charge is 0.384 e. The molecule has 0 amide bonds. The Morgan fingerprint density at radius 2 is 1.81 bits per heavy atom. The van der Waals surface area contributed by atoms with Crippen molar-refractivity contribution in [3.05, 3.63) is 70.8 Å². The summed E-state index contributed by atoms with van der Waals surface area (Å²) in [5, 5.41) is 11.1. The molecule has 1 heterocycles. The fraction of sp³-hybridized carbons (Fsp3) is 0.368. The van der Waals surface area contributed by atoms with Crippen LogP contribution in [0.3, 0.4) is 0 Å². The first-order valence-electron chi connectivity index (χ1n) is 7.64. The minimum absolute atomic E-state index is 0.703. The summed E-state index contributed by atoms with van der Waals surface area (Å²) >= 11 is 0. The molecule has 0 aliphatic carbocycles. The molecule has 0 aromatic heterocycles. The van der Waals surface area contributed by atoms with E-state index >= 15 is 0 Å². The minimum atomic E-state index is -0.703. The van der Waals surface area contributed by atoms with E-state index in [9.17, 15) is 5.11 Å². The minimum Gasteiger partial charge on any atom is -0.384 e. The Balaban J connectivity index is 1.78. The summed E-state index contributed by atoms with van der Waals surface area (Å²) in [6.45, 7) is 6.79. The second kappa shape index (κ2) is 5.63. The standard InChI is InChI=1S/C19H23NO/c1-15-7-6-10-18(16(15)2)19(21)11-12-20(14-19)13-17-8-4-3-5-9-17/h3-10,21H,11-14H2,1-2H3. The fourth-order valence-electron chi connectivity index (χ4n) is 3.32. The number of hydrogen-bond donors (Lipinski definition) is 1. The molecule has 110 valence electrons. The van der Waals surface area contributed by atoms with Gasteiger partial charge in [-0.2, -0.15) is 0 Å². The molecular formula is C19H23NO. The number of nitrogens with zero attached hydrogens (tertiary/aromatic N) is 1. The SMILES string of the molecule is Cc1cccc(C2(O)CCN(Cc3ccccc3)C2)c1C. The number of aliphatic hydroxyl groups is 1. The highest BCUT2D eigenvalue weighted by Gasteiger charge is 2.38. The quantitative estimate of drug-likeness (QED) is 0.932. The lowest BCUT2D eigenvalue weighted by Gasteiger charge is -2.26. The monoisotopic (exact) mass is 281 g/mol. The average Bonchev–Trinajstić information content (AvgIpc) is 2.85. The second-order valence-corrected chi connectivity index (χ2v) is 6.23. The molecule has 1 atom stereocenters. The summed E-state index contributed by atoms with van der Waals surface area (Å²) in [4.78, 5) is 2.34. The molecule has 1 N–H and O–H groups in total. The summed E-state index contributed by atoms with van der Waals surface area (Å²) in [7, 11) is 0. The lowest BCUT2D eigenvalue weighted by atomic mass is 9.88. The molecule has 0 bridgehead atoms. The predicted octanol–water partition coefficient (Wildman–Crippen LogP) is 3.40. The summed E-state index contributed by atoms with van der Waals surface area (Å²) in [6.07, 6.45) is 0.810. The molecule has 2 aromatic carbocycles. The zero-order valence-corrected chi connectivity index (χ0v) is 12.8. The van der Waals surface area contributed by atoms with Gasteiger partial charge in [0.1, 0.15) is 5.60 Å². The molecule has 21 heavy (non-hydrogen) atoms. The molecule has 1 unspecified atom stereocenters. The average molecular weight is 281 g/mol. The van der Waals surface area contributed by atoms with Crippen molar-refractivity contribution in [1.82, 2.24) is 4.90 Å². The van der Waals surface area contributed by atoms with Gasteiger partial charge in [-0.15, -0.1) is 0 Å². The van der Waals surface area contributed by atoms with E-state index < -0.39 is 5.60 Å². The van der Waals surface area contributed by atoms with Crippen LogP contribution in [0.15, 0.2) is 48.5 Å². The van der Waals surface area contributed by atoms with Crippen LogP contribution in [-0.2, 0) is 12.1 Å². The molecule has 1 saturated heterocycles. The van der Waals surface area contributed by atoms with E-state index in [1.54, 1.807) is 0 Å². The van der Waals surface area contributed by atoms with Gasteiger partial charge >= 0.3 is 0 Å². The normalized spacial score (nSPS) is 22.6. The third-order valence-electron chi connectivity index (χ3n) is 4.68. The molecular weight excluding hydrogens is 258 g/mol. The zero-order valence-electron chi connectivity index (χ0n) is 12.8. The molecule has 3 rings (SSSR count). The van der Waals surface area contributed by atoms with Gasteiger partial charge in [0.15, 0.2) is 0 Å². The van der Waals surface area contributed by atoms with Gasteiger partial charge in [0, 0.05) is 19.6 Å². The summed E-state index contributed by atoms with van der Waals surface area (Å²) in [5.41, 5.74) is 4.18. The van der Waals surface area contributed by atoms with Crippen molar-refractivity contribution in [3.8, 4) is 0 Å². The van der Waals surface area contributed by atoms with Crippen molar-refractivity contribution < 1.29 is 5.11 Å². The number of likely N-dealkylation sites (tertiary alicyclic amines) is 1. The number of aryl methyl sites for hydroxylation is 1. The maximum Gasteiger partial charge on any atom is 0.104 e. The number of hydrogen-bond acceptors (Lipinski definition) is 2. The van der Waals surface area contributed by atoms with Gasteiger partial charge in [-0.05, 0) is 42.5 Å². The van der Waals surface area contributed by atoms with Crippen LogP contribution >= 0.6 is 0 Å². The summed E-state index contributed by atoms with van der Waals surface area (Å²) < 4.78 is 0. The van der Waals surface area contributed by atoms with Gasteiger partial charge in [0.25, 0.3) is 0 Å². The van der Waals surface area contributed by atoms with E-state index in [-0.39, 0.29) is 0 Å². The van der Waals surface area contributed by atoms with Crippen molar-refractivity contribution in [2.75, 3.05) is 13.1 Å². The molecule has 0 saturated carbocycles. The van der Waals surface area contributed by atoms with E-state index in [0.717, 1.165) is 25.1 Å². The van der Waals surface area contributed by atoms with Crippen LogP contribution in [-0.4, -0.2) is 23.1 Å². The Bertz CT molecular complexity index is 623. The Hall–Kier alpha value is -1.64. The van der Waals surface area contributed by atoms with Crippen molar-refractivity contribution in [2.45, 2.75) is 32.4 Å². The fourth-order valence-corrected chi connectivity index (χ4v) is 3.32. The van der Waals surface area contributed by atoms with Crippen LogP contribution in [0.1, 0.15) is 28.7 Å². The van der Waals surface area contributed by atoms with E-state index in [4.69, 9.17) is 0 Å². The Labute approximate surface area is 127 Å². The highest BCUT2D eigenvalue weighted by atomic mass is 16.3. The Kier molecular flexibility index (Phi) is 3.83. The first-order valence-corrected chi connectivity index (χ1v) is 7.64. The molecule has 1 aliphatic heterocycles. The number of β-amino-alcohol motifs (C(OH)–C–C–N with tert-alkyl or cyclic N) is 1. The molecule has 0 radical (unpaired) electrons. The zero-order chi connectivity index (χ0) is 14.9. The van der Waals surface area contributed by atoms with Crippen LogP contribution in [0.2, 0.25) is 0 Å². The first-order chi connectivity index (χ1) is 10.1. The highest BCUT2D eigenvalue weighted by molar-refractivity contribution is 5.38. The predicted molar refractivity (Wildman–Crippen MR) is 86.1 cm³/mol. The van der Waals surface area contributed by atoms with Gasteiger partial charge in [0.05, 0.1) is 0 Å². The molecule has 2 heteroatoms. The van der Waals surface area contributed by atoms with Crippen LogP contribution < -0.4 is 0 Å². The lowest BCUT2D eigenvalue weighted by molar-refractivity contribution is 0.0446. The van der Waals surface area contributed by atoms with Gasteiger partial charge in [-0.25, -0.2) is 0 Å². The maximum absolute atomic E-state index is 11.1. The lowest BCUT2D eigenvalue weighted by Crippen LogP contribution is -2.31. The van der Waals surface area contributed by atoms with Crippen LogP contribution in [0.5, 0.6) is 0 Å². The third-order valence-corrected chi connectivity index (χ3v) is 4.68. The second-order valence-electron chi connectivity index (χ2n) is 6.23. The summed E-state index contributed by atoms with van der Waals surface area (Å²) in [5.74, 6) is 0. The van der Waals surface area contributed by atoms with Gasteiger partial charge in [0.2, 0.25) is 0 Å². The topological polar surface area (TPSA) is 23.5 Å². The van der Waals surface area contributed by atoms with E-state index in [2.05, 4.69) is 61.2 Å².